The lowest BCUT2D eigenvalue weighted by Crippen LogP contribution is -2.69. The van der Waals surface area contributed by atoms with Crippen molar-refractivity contribution in [2.45, 2.75) is 66.6 Å². The summed E-state index contributed by atoms with van der Waals surface area (Å²) in [5, 5.41) is 105. The van der Waals surface area contributed by atoms with Crippen molar-refractivity contribution in [1.29, 1.82) is 0 Å². The minimum absolute atomic E-state index is 0.0507. The molecule has 2 saturated heterocycles. The lowest BCUT2D eigenvalue weighted by molar-refractivity contribution is -0.326. The molecule has 0 saturated carbocycles. The van der Waals surface area contributed by atoms with E-state index in [1.165, 1.54) is 30.3 Å². The number of ketones is 2. The van der Waals surface area contributed by atoms with Gasteiger partial charge in [0.05, 0.1) is 13.2 Å². The van der Waals surface area contributed by atoms with Gasteiger partial charge in [0.25, 0.3) is 0 Å². The highest BCUT2D eigenvalue weighted by molar-refractivity contribution is 6.29. The summed E-state index contributed by atoms with van der Waals surface area (Å²) in [5.41, 5.74) is -4.28. The third-order valence-corrected chi connectivity index (χ3v) is 7.95. The first-order chi connectivity index (χ1) is 19.8. The van der Waals surface area contributed by atoms with E-state index in [0.717, 1.165) is 6.08 Å². The van der Waals surface area contributed by atoms with Crippen molar-refractivity contribution in [1.82, 2.24) is 0 Å². The number of hydrogen-bond acceptors (Lipinski definition) is 15. The predicted octanol–water partition coefficient (Wildman–Crippen LogP) is -3.57. The van der Waals surface area contributed by atoms with Gasteiger partial charge in [-0.25, -0.2) is 0 Å². The molecule has 3 heterocycles. The topological polar surface area (TPSA) is 264 Å². The van der Waals surface area contributed by atoms with Crippen LogP contribution in [0.25, 0.3) is 6.08 Å². The van der Waals surface area contributed by atoms with Gasteiger partial charge in [0.2, 0.25) is 17.2 Å². The van der Waals surface area contributed by atoms with Gasteiger partial charge in [-0.15, -0.1) is 0 Å². The number of ether oxygens (including phenoxy) is 3. The van der Waals surface area contributed by atoms with E-state index in [-0.39, 0.29) is 5.75 Å². The zero-order valence-corrected chi connectivity index (χ0v) is 21.7. The van der Waals surface area contributed by atoms with Crippen LogP contribution in [0.4, 0.5) is 0 Å². The summed E-state index contributed by atoms with van der Waals surface area (Å²) in [7, 11) is 0. The second-order valence-corrected chi connectivity index (χ2v) is 10.6. The highest BCUT2D eigenvalue weighted by atomic mass is 16.7. The van der Waals surface area contributed by atoms with Gasteiger partial charge in [0.1, 0.15) is 71.7 Å². The first-order valence-electron chi connectivity index (χ1n) is 12.9. The van der Waals surface area contributed by atoms with E-state index in [1.807, 2.05) is 0 Å². The van der Waals surface area contributed by atoms with Crippen molar-refractivity contribution < 1.29 is 74.9 Å². The molecule has 4 aliphatic rings. The van der Waals surface area contributed by atoms with Crippen molar-refractivity contribution in [2.75, 3.05) is 13.2 Å². The monoisotopic (exact) mass is 594 g/mol. The van der Waals surface area contributed by atoms with E-state index in [2.05, 4.69) is 0 Å². The van der Waals surface area contributed by atoms with Crippen LogP contribution in [-0.4, -0.2) is 136 Å². The molecule has 15 heteroatoms. The number of aliphatic hydroxyl groups excluding tert-OH is 8. The Morgan fingerprint density at radius 1 is 0.976 bits per heavy atom. The molecule has 1 spiro atoms. The molecule has 0 unspecified atom stereocenters. The van der Waals surface area contributed by atoms with E-state index < -0.39 is 114 Å². The van der Waals surface area contributed by atoms with Gasteiger partial charge < -0.3 is 65.3 Å². The van der Waals surface area contributed by atoms with Crippen LogP contribution < -0.4 is 0 Å². The van der Waals surface area contributed by atoms with E-state index in [4.69, 9.17) is 14.2 Å². The summed E-state index contributed by atoms with van der Waals surface area (Å²) in [6, 6.07) is 5.55. The van der Waals surface area contributed by atoms with Gasteiger partial charge in [0.15, 0.2) is 5.78 Å². The molecule has 1 aromatic carbocycles. The number of phenolic OH excluding ortho intramolecular Hbond substituents is 1. The number of carbonyl (C=O) groups excluding carboxylic acids is 2. The smallest absolute Gasteiger partial charge is 0.243 e. The first kappa shape index (κ1) is 30.2. The van der Waals surface area contributed by atoms with Crippen LogP contribution in [0.15, 0.2) is 53.0 Å². The van der Waals surface area contributed by atoms with Crippen LogP contribution in [0.1, 0.15) is 12.0 Å². The van der Waals surface area contributed by atoms with Crippen LogP contribution in [0, 0.1) is 0 Å². The van der Waals surface area contributed by atoms with Crippen LogP contribution in [0.2, 0.25) is 0 Å². The van der Waals surface area contributed by atoms with Crippen molar-refractivity contribution in [3.63, 3.8) is 0 Å². The molecule has 10 N–H and O–H groups in total. The maximum absolute atomic E-state index is 13.9. The number of phenols is 1. The molecule has 0 amide bonds. The maximum atomic E-state index is 13.9. The van der Waals surface area contributed by atoms with Crippen LogP contribution in [0.3, 0.4) is 0 Å². The Hall–Kier alpha value is -3.22. The third kappa shape index (κ3) is 4.55. The average Bonchev–Trinajstić information content (AvgIpc) is 3.38. The molecular weight excluding hydrogens is 564 g/mol. The second kappa shape index (κ2) is 10.8. The number of aromatic hydroxyl groups is 1. The number of carbonyl (C=O) groups is 2. The fourth-order valence-corrected chi connectivity index (χ4v) is 5.55. The molecular formula is C27H30O15. The van der Waals surface area contributed by atoms with Crippen molar-refractivity contribution in [3.05, 3.63) is 58.6 Å². The molecule has 0 aromatic heterocycles. The van der Waals surface area contributed by atoms with Crippen molar-refractivity contribution >= 4 is 17.6 Å². The van der Waals surface area contributed by atoms with Crippen molar-refractivity contribution in [3.8, 4) is 5.75 Å². The molecule has 42 heavy (non-hydrogen) atoms. The number of hydrogen-bond donors (Lipinski definition) is 10. The second-order valence-electron chi connectivity index (χ2n) is 10.6. The Balaban J connectivity index is 1.61. The van der Waals surface area contributed by atoms with E-state index in [9.17, 15) is 60.7 Å². The fraction of sp³-hybridized carbons (Fsp3) is 0.481. The van der Waals surface area contributed by atoms with Gasteiger partial charge >= 0.3 is 0 Å². The standard InChI is InChI=1S/C27H30O15/c28-8-15-19(34)20(35)21(36)25(41-15)27(39)22(37)16(13(30)6-3-10-1-4-11(29)5-2-10)17(32)12-7-26(42-24(12)27)23(38)18(33)14(31)9-40-26/h1-6,14-15,18-21,23,25,28-29,31-36,38-39H,7-9H2/t14-,15-,18-,19-,20+,21-,23+,25+,26+,27-/m1/s1. The summed E-state index contributed by atoms with van der Waals surface area (Å²) in [4.78, 5) is 27.3. The minimum atomic E-state index is -3.22. The summed E-state index contributed by atoms with van der Waals surface area (Å²) >= 11 is 0. The Labute approximate surface area is 237 Å². The number of benzene rings is 1. The van der Waals surface area contributed by atoms with Gasteiger partial charge in [-0.3, -0.25) is 9.59 Å². The summed E-state index contributed by atoms with van der Waals surface area (Å²) in [5.74, 6) is -6.88. The molecule has 2 fully saturated rings. The first-order valence-corrected chi connectivity index (χ1v) is 12.9. The number of allylic oxidation sites excluding steroid dienone is 2. The van der Waals surface area contributed by atoms with Gasteiger partial charge in [-0.05, 0) is 23.8 Å². The van der Waals surface area contributed by atoms with Crippen LogP contribution in [0.5, 0.6) is 5.75 Å². The normalized spacial score (nSPS) is 40.5. The molecule has 0 radical (unpaired) electrons. The van der Waals surface area contributed by atoms with E-state index >= 15 is 0 Å². The summed E-state index contributed by atoms with van der Waals surface area (Å²) in [6.45, 7) is -1.52. The Kier molecular flexibility index (Phi) is 7.78. The summed E-state index contributed by atoms with van der Waals surface area (Å²) in [6.07, 6.45) is -13.9. The van der Waals surface area contributed by atoms with Gasteiger partial charge in [-0.1, -0.05) is 18.2 Å². The molecule has 5 rings (SSSR count). The van der Waals surface area contributed by atoms with E-state index in [1.54, 1.807) is 0 Å². The van der Waals surface area contributed by atoms with Gasteiger partial charge in [0, 0.05) is 12.0 Å². The molecule has 15 nitrogen and oxygen atoms in total. The van der Waals surface area contributed by atoms with E-state index in [0.29, 0.717) is 5.56 Å². The molecule has 1 aliphatic carbocycles. The maximum Gasteiger partial charge on any atom is 0.243 e. The minimum Gasteiger partial charge on any atom is -0.508 e. The average molecular weight is 595 g/mol. The molecule has 1 aromatic rings. The van der Waals surface area contributed by atoms with Crippen LogP contribution >= 0.6 is 0 Å². The lowest BCUT2D eigenvalue weighted by Gasteiger charge is -2.48. The molecule has 3 aliphatic heterocycles. The quantitative estimate of drug-likeness (QED) is 0.117. The summed E-state index contributed by atoms with van der Waals surface area (Å²) < 4.78 is 16.6. The highest BCUT2D eigenvalue weighted by Crippen LogP contribution is 2.52. The van der Waals surface area contributed by atoms with Gasteiger partial charge in [-0.2, -0.15) is 0 Å². The predicted molar refractivity (Wildman–Crippen MR) is 135 cm³/mol. The van der Waals surface area contributed by atoms with Crippen LogP contribution in [-0.2, 0) is 23.8 Å². The Morgan fingerprint density at radius 3 is 2.29 bits per heavy atom. The highest BCUT2D eigenvalue weighted by Gasteiger charge is 2.67. The molecule has 10 atom stereocenters. The van der Waals surface area contributed by atoms with Crippen molar-refractivity contribution in [2.24, 2.45) is 0 Å². The zero-order chi connectivity index (χ0) is 30.7. The Bertz CT molecular complexity index is 1350. The lowest BCUT2D eigenvalue weighted by atomic mass is 9.73. The number of aliphatic hydroxyl groups is 9. The molecule has 0 bridgehead atoms. The SMILES string of the molecule is O=C(C=Cc1ccc(O)cc1)C1=C(O)C2=C(O[C@]3(C2)OC[C@@H](O)[C@@H](O)[C@@H]3O)[C@@](O)([C@H]2O[C@H](CO)[C@@H](O)[C@H](O)[C@H]2O)C1=O. The molecule has 228 valence electrons. The third-order valence-electron chi connectivity index (χ3n) is 7.95. The Morgan fingerprint density at radius 2 is 1.64 bits per heavy atom. The largest absolute Gasteiger partial charge is 0.508 e. The number of rotatable bonds is 5. The zero-order valence-electron chi connectivity index (χ0n) is 21.7. The number of Topliss-reactive ketones (excluding diaryl/α,β-unsaturated/α-hetero) is 1. The fourth-order valence-electron chi connectivity index (χ4n) is 5.55.